The van der Waals surface area contributed by atoms with Crippen LogP contribution in [0.1, 0.15) is 31.4 Å². The van der Waals surface area contributed by atoms with Gasteiger partial charge in [0.15, 0.2) is 0 Å². The van der Waals surface area contributed by atoms with Crippen molar-refractivity contribution in [3.05, 3.63) is 60.6 Å². The maximum absolute atomic E-state index is 4.70. The summed E-state index contributed by atoms with van der Waals surface area (Å²) in [7, 11) is 0. The Morgan fingerprint density at radius 2 is 1.70 bits per heavy atom. The molecule has 3 heterocycles. The molecule has 0 aromatic carbocycles. The van der Waals surface area contributed by atoms with Crippen LogP contribution in [0.2, 0.25) is 0 Å². The van der Waals surface area contributed by atoms with E-state index in [0.717, 1.165) is 35.9 Å². The molecule has 3 aromatic heterocycles. The first-order valence-electron chi connectivity index (χ1n) is 9.58. The van der Waals surface area contributed by atoms with Gasteiger partial charge >= 0.3 is 0 Å². The van der Waals surface area contributed by atoms with E-state index in [1.807, 2.05) is 48.7 Å². The standard InChI is InChI=1S/C21H24N6/c1-2-9-17(8-1)25-21-26-19(18-10-4-6-13-23-18)15-20(27-21)24-14-11-16-7-3-5-12-22-16/h3-7,10,12-13,15,17H,1-2,8-9,11,14H2,(H2,24,25,26,27). The van der Waals surface area contributed by atoms with Crippen molar-refractivity contribution in [2.45, 2.75) is 38.1 Å². The average molecular weight is 360 g/mol. The Kier molecular flexibility index (Phi) is 5.53. The molecule has 0 atom stereocenters. The topological polar surface area (TPSA) is 75.6 Å². The van der Waals surface area contributed by atoms with E-state index in [0.29, 0.717) is 12.0 Å². The van der Waals surface area contributed by atoms with Crippen molar-refractivity contribution >= 4 is 11.8 Å². The molecule has 0 radical (unpaired) electrons. The highest BCUT2D eigenvalue weighted by Gasteiger charge is 2.17. The van der Waals surface area contributed by atoms with Gasteiger partial charge < -0.3 is 10.6 Å². The number of anilines is 2. The van der Waals surface area contributed by atoms with Gasteiger partial charge in [-0.3, -0.25) is 9.97 Å². The van der Waals surface area contributed by atoms with Crippen molar-refractivity contribution in [2.24, 2.45) is 0 Å². The monoisotopic (exact) mass is 360 g/mol. The number of hydrogen-bond acceptors (Lipinski definition) is 6. The average Bonchev–Trinajstić information content (AvgIpc) is 3.22. The molecular formula is C21H24N6. The first kappa shape index (κ1) is 17.4. The van der Waals surface area contributed by atoms with Crippen molar-refractivity contribution in [3.63, 3.8) is 0 Å². The number of nitrogens with one attached hydrogen (secondary N) is 2. The molecule has 6 nitrogen and oxygen atoms in total. The lowest BCUT2D eigenvalue weighted by Gasteiger charge is -2.14. The summed E-state index contributed by atoms with van der Waals surface area (Å²) in [6.45, 7) is 0.762. The molecule has 138 valence electrons. The first-order chi connectivity index (χ1) is 13.4. The highest BCUT2D eigenvalue weighted by molar-refractivity contribution is 5.61. The van der Waals surface area contributed by atoms with Gasteiger partial charge in [-0.05, 0) is 37.1 Å². The van der Waals surface area contributed by atoms with E-state index in [1.54, 1.807) is 6.20 Å². The Hall–Kier alpha value is -3.02. The molecule has 1 aliphatic carbocycles. The molecular weight excluding hydrogens is 336 g/mol. The minimum atomic E-state index is 0.463. The number of hydrogen-bond donors (Lipinski definition) is 2. The molecule has 0 aliphatic heterocycles. The summed E-state index contributed by atoms with van der Waals surface area (Å²) >= 11 is 0. The van der Waals surface area contributed by atoms with Gasteiger partial charge in [-0.25, -0.2) is 4.98 Å². The van der Waals surface area contributed by atoms with Crippen molar-refractivity contribution in [1.29, 1.82) is 0 Å². The van der Waals surface area contributed by atoms with Gasteiger partial charge in [0.25, 0.3) is 0 Å². The summed E-state index contributed by atoms with van der Waals surface area (Å²) in [6, 6.07) is 14.3. The highest BCUT2D eigenvalue weighted by Crippen LogP contribution is 2.24. The minimum absolute atomic E-state index is 0.463. The number of nitrogens with zero attached hydrogens (tertiary/aromatic N) is 4. The van der Waals surface area contributed by atoms with E-state index in [1.165, 1.54) is 25.7 Å². The second kappa shape index (κ2) is 8.58. The molecule has 3 aromatic rings. The SMILES string of the molecule is c1ccc(CCNc2cc(-c3ccccn3)nc(NC3CCCC3)n2)nc1. The van der Waals surface area contributed by atoms with Crippen LogP contribution < -0.4 is 10.6 Å². The predicted octanol–water partition coefficient (Wildman–Crippen LogP) is 3.94. The number of rotatable bonds is 7. The summed E-state index contributed by atoms with van der Waals surface area (Å²) < 4.78 is 0. The summed E-state index contributed by atoms with van der Waals surface area (Å²) in [5.74, 6) is 1.48. The lowest BCUT2D eigenvalue weighted by atomic mass is 10.2. The Bertz CT molecular complexity index is 847. The largest absolute Gasteiger partial charge is 0.369 e. The quantitative estimate of drug-likeness (QED) is 0.665. The molecule has 1 aliphatic rings. The third kappa shape index (κ3) is 4.78. The van der Waals surface area contributed by atoms with E-state index in [-0.39, 0.29) is 0 Å². The summed E-state index contributed by atoms with van der Waals surface area (Å²) in [6.07, 6.45) is 9.35. The molecule has 0 spiro atoms. The van der Waals surface area contributed by atoms with Crippen LogP contribution in [0.3, 0.4) is 0 Å². The Labute approximate surface area is 159 Å². The smallest absolute Gasteiger partial charge is 0.225 e. The number of pyridine rings is 2. The zero-order valence-electron chi connectivity index (χ0n) is 15.3. The van der Waals surface area contributed by atoms with Crippen molar-refractivity contribution in [2.75, 3.05) is 17.2 Å². The molecule has 4 rings (SSSR count). The molecule has 0 bridgehead atoms. The van der Waals surface area contributed by atoms with Gasteiger partial charge in [0, 0.05) is 43.2 Å². The van der Waals surface area contributed by atoms with E-state index in [2.05, 4.69) is 25.6 Å². The lowest BCUT2D eigenvalue weighted by Crippen LogP contribution is -2.18. The van der Waals surface area contributed by atoms with E-state index >= 15 is 0 Å². The first-order valence-corrected chi connectivity index (χ1v) is 9.58. The third-order valence-corrected chi connectivity index (χ3v) is 4.76. The molecule has 0 saturated heterocycles. The van der Waals surface area contributed by atoms with Crippen molar-refractivity contribution in [3.8, 4) is 11.4 Å². The van der Waals surface area contributed by atoms with Gasteiger partial charge in [0.2, 0.25) is 5.95 Å². The van der Waals surface area contributed by atoms with Crippen molar-refractivity contribution in [1.82, 2.24) is 19.9 Å². The Morgan fingerprint density at radius 1 is 0.889 bits per heavy atom. The van der Waals surface area contributed by atoms with Crippen LogP contribution in [0, 0.1) is 0 Å². The molecule has 6 heteroatoms. The normalized spacial score (nSPS) is 14.2. The molecule has 27 heavy (non-hydrogen) atoms. The van der Waals surface area contributed by atoms with Gasteiger partial charge in [-0.2, -0.15) is 4.98 Å². The summed E-state index contributed by atoms with van der Waals surface area (Å²) in [5.41, 5.74) is 2.74. The Morgan fingerprint density at radius 3 is 2.44 bits per heavy atom. The lowest BCUT2D eigenvalue weighted by molar-refractivity contribution is 0.744. The van der Waals surface area contributed by atoms with Gasteiger partial charge in [-0.15, -0.1) is 0 Å². The van der Waals surface area contributed by atoms with Gasteiger partial charge in [0.05, 0.1) is 11.4 Å². The number of aromatic nitrogens is 4. The highest BCUT2D eigenvalue weighted by atomic mass is 15.2. The van der Waals surface area contributed by atoms with Gasteiger partial charge in [0.1, 0.15) is 5.82 Å². The summed E-state index contributed by atoms with van der Waals surface area (Å²) in [5, 5.41) is 6.91. The fourth-order valence-corrected chi connectivity index (χ4v) is 3.37. The van der Waals surface area contributed by atoms with Crippen LogP contribution in [-0.2, 0) is 6.42 Å². The fourth-order valence-electron chi connectivity index (χ4n) is 3.37. The zero-order valence-corrected chi connectivity index (χ0v) is 15.3. The van der Waals surface area contributed by atoms with Gasteiger partial charge in [-0.1, -0.05) is 25.0 Å². The van der Waals surface area contributed by atoms with Crippen LogP contribution in [0.5, 0.6) is 0 Å². The van der Waals surface area contributed by atoms with Crippen LogP contribution in [-0.4, -0.2) is 32.5 Å². The molecule has 1 fully saturated rings. The van der Waals surface area contributed by atoms with Crippen LogP contribution in [0.15, 0.2) is 54.9 Å². The van der Waals surface area contributed by atoms with E-state index < -0.39 is 0 Å². The Balaban J connectivity index is 1.51. The fraction of sp³-hybridized carbons (Fsp3) is 0.333. The van der Waals surface area contributed by atoms with Crippen LogP contribution >= 0.6 is 0 Å². The zero-order chi connectivity index (χ0) is 18.3. The predicted molar refractivity (Wildman–Crippen MR) is 108 cm³/mol. The third-order valence-electron chi connectivity index (χ3n) is 4.76. The maximum Gasteiger partial charge on any atom is 0.225 e. The molecule has 2 N–H and O–H groups in total. The van der Waals surface area contributed by atoms with Crippen LogP contribution in [0.25, 0.3) is 11.4 Å². The van der Waals surface area contributed by atoms with E-state index in [9.17, 15) is 0 Å². The second-order valence-electron chi connectivity index (χ2n) is 6.80. The van der Waals surface area contributed by atoms with Crippen LogP contribution in [0.4, 0.5) is 11.8 Å². The second-order valence-corrected chi connectivity index (χ2v) is 6.80. The molecule has 1 saturated carbocycles. The minimum Gasteiger partial charge on any atom is -0.369 e. The van der Waals surface area contributed by atoms with E-state index in [4.69, 9.17) is 4.98 Å². The molecule has 0 amide bonds. The summed E-state index contributed by atoms with van der Waals surface area (Å²) in [4.78, 5) is 18.2. The maximum atomic E-state index is 4.70. The molecule has 0 unspecified atom stereocenters. The van der Waals surface area contributed by atoms with Crippen molar-refractivity contribution < 1.29 is 0 Å².